The Hall–Kier alpha value is -1.48. The molecule has 0 bridgehead atoms. The van der Waals surface area contributed by atoms with Gasteiger partial charge in [0.25, 0.3) is 0 Å². The van der Waals surface area contributed by atoms with Crippen LogP contribution in [0.3, 0.4) is 0 Å². The zero-order chi connectivity index (χ0) is 24.4. The number of carbonyl (C=O) groups is 3. The summed E-state index contributed by atoms with van der Waals surface area (Å²) in [7, 11) is 0. The zero-order valence-corrected chi connectivity index (χ0v) is 24.3. The summed E-state index contributed by atoms with van der Waals surface area (Å²) in [6.07, 6.45) is 3.59. The smallest absolute Gasteiger partial charge is 0.340 e. The van der Waals surface area contributed by atoms with E-state index in [9.17, 15) is 19.5 Å². The molecule has 2 aromatic carbocycles. The van der Waals surface area contributed by atoms with Crippen molar-refractivity contribution >= 4 is 85.3 Å². The van der Waals surface area contributed by atoms with Crippen molar-refractivity contribution in [2.75, 3.05) is 0 Å². The average molecular weight is 794 g/mol. The van der Waals surface area contributed by atoms with Crippen LogP contribution in [0.2, 0.25) is 0 Å². The molecule has 2 heterocycles. The van der Waals surface area contributed by atoms with Crippen LogP contribution in [0, 0.1) is 3.57 Å². The van der Waals surface area contributed by atoms with Crippen LogP contribution in [0.25, 0.3) is 0 Å². The van der Waals surface area contributed by atoms with Gasteiger partial charge in [-0.3, -0.25) is 9.59 Å². The zero-order valence-electron chi connectivity index (χ0n) is 17.8. The van der Waals surface area contributed by atoms with Crippen LogP contribution in [0.1, 0.15) is 58.0 Å². The number of rotatable bonds is 4. The van der Waals surface area contributed by atoms with Gasteiger partial charge in [-0.25, -0.2) is 4.79 Å². The fourth-order valence-electron chi connectivity index (χ4n) is 4.56. The molecule has 2 unspecified atom stereocenters. The van der Waals surface area contributed by atoms with Crippen molar-refractivity contribution in [3.63, 3.8) is 0 Å². The van der Waals surface area contributed by atoms with Crippen LogP contribution < -0.4 is 4.74 Å². The van der Waals surface area contributed by atoms with Crippen LogP contribution in [-0.4, -0.2) is 26.6 Å². The van der Waals surface area contributed by atoms with E-state index in [0.29, 0.717) is 48.0 Å². The summed E-state index contributed by atoms with van der Waals surface area (Å²) < 4.78 is 12.6. The SMILES string of the molecule is CCCCC(=O)c1cc2c(c(I)c1O)OC1=C(I)C(=O)C(I)C=C1C21OC(=O)c2ccccc21. The number of alkyl halides is 1. The Balaban J connectivity index is 1.87. The van der Waals surface area contributed by atoms with Crippen molar-refractivity contribution in [3.8, 4) is 11.5 Å². The first-order valence-electron chi connectivity index (χ1n) is 10.6. The molecule has 6 nitrogen and oxygen atoms in total. The van der Waals surface area contributed by atoms with Gasteiger partial charge in [0.15, 0.2) is 28.7 Å². The highest BCUT2D eigenvalue weighted by Gasteiger charge is 2.57. The predicted octanol–water partition coefficient (Wildman–Crippen LogP) is 6.14. The Bertz CT molecular complexity index is 1360. The topological polar surface area (TPSA) is 89.9 Å². The lowest BCUT2D eigenvalue weighted by molar-refractivity contribution is -0.113. The molecule has 0 radical (unpaired) electrons. The quantitative estimate of drug-likeness (QED) is 0.174. The van der Waals surface area contributed by atoms with E-state index in [4.69, 9.17) is 9.47 Å². The minimum absolute atomic E-state index is 0.109. The average Bonchev–Trinajstić information content (AvgIpc) is 3.12. The molecular weight excluding hydrogens is 777 g/mol. The lowest BCUT2D eigenvalue weighted by Gasteiger charge is -2.41. The van der Waals surface area contributed by atoms with Crippen molar-refractivity contribution in [2.45, 2.75) is 35.7 Å². The molecule has 0 saturated heterocycles. The minimum atomic E-state index is -1.40. The predicted molar refractivity (Wildman–Crippen MR) is 150 cm³/mol. The number of aromatic hydroxyl groups is 1. The maximum absolute atomic E-state index is 13.1. The number of ether oxygens (including phenoxy) is 2. The molecule has 0 saturated carbocycles. The van der Waals surface area contributed by atoms with Gasteiger partial charge in [0.05, 0.1) is 18.6 Å². The van der Waals surface area contributed by atoms with Crippen LogP contribution in [0.4, 0.5) is 0 Å². The van der Waals surface area contributed by atoms with Gasteiger partial charge in [-0.1, -0.05) is 60.2 Å². The van der Waals surface area contributed by atoms with E-state index in [-0.39, 0.29) is 28.6 Å². The highest BCUT2D eigenvalue weighted by atomic mass is 127. The number of fused-ring (bicyclic) bond motifs is 6. The third-order valence-corrected chi connectivity index (χ3v) is 9.16. The molecule has 1 spiro atoms. The number of hydrogen-bond acceptors (Lipinski definition) is 6. The van der Waals surface area contributed by atoms with Crippen molar-refractivity contribution < 1.29 is 29.0 Å². The first-order chi connectivity index (χ1) is 16.2. The van der Waals surface area contributed by atoms with E-state index in [0.717, 1.165) is 6.42 Å². The largest absolute Gasteiger partial charge is 0.506 e. The lowest BCUT2D eigenvalue weighted by Crippen LogP contribution is -2.40. The number of phenolic OH excluding ortho intramolecular Hbond substituents is 1. The molecule has 2 atom stereocenters. The second-order valence-electron chi connectivity index (χ2n) is 8.20. The molecule has 174 valence electrons. The first kappa shape index (κ1) is 24.2. The number of ketones is 2. The maximum atomic E-state index is 13.1. The van der Waals surface area contributed by atoms with E-state index in [1.54, 1.807) is 24.3 Å². The molecule has 0 fully saturated rings. The fourth-order valence-corrected chi connectivity index (χ4v) is 7.25. The third-order valence-electron chi connectivity index (χ3n) is 6.21. The molecule has 5 rings (SSSR count). The highest BCUT2D eigenvalue weighted by Crippen LogP contribution is 2.59. The summed E-state index contributed by atoms with van der Waals surface area (Å²) in [5.41, 5.74) is 0.809. The Kier molecular flexibility index (Phi) is 6.32. The Morgan fingerprint density at radius 3 is 2.65 bits per heavy atom. The van der Waals surface area contributed by atoms with Gasteiger partial charge in [-0.2, -0.15) is 0 Å². The lowest BCUT2D eigenvalue weighted by atomic mass is 9.74. The molecule has 2 aliphatic heterocycles. The number of phenols is 1. The second kappa shape index (κ2) is 8.87. The van der Waals surface area contributed by atoms with E-state index < -0.39 is 15.5 Å². The van der Waals surface area contributed by atoms with E-state index in [2.05, 4.69) is 0 Å². The molecule has 0 aromatic heterocycles. The van der Waals surface area contributed by atoms with Gasteiger partial charge >= 0.3 is 5.97 Å². The number of benzene rings is 2. The summed E-state index contributed by atoms with van der Waals surface area (Å²) in [5.74, 6) is -0.397. The molecule has 1 N–H and O–H groups in total. The summed E-state index contributed by atoms with van der Waals surface area (Å²) in [4.78, 5) is 38.9. The summed E-state index contributed by atoms with van der Waals surface area (Å²) in [6, 6.07) is 8.69. The summed E-state index contributed by atoms with van der Waals surface area (Å²) in [5, 5.41) is 10.9. The maximum Gasteiger partial charge on any atom is 0.340 e. The van der Waals surface area contributed by atoms with Gasteiger partial charge in [0, 0.05) is 23.1 Å². The molecule has 0 amide bonds. The molecular formula is C25H17I3O6. The standard InChI is InChI=1S/C25H17I3O6/c1-2-3-8-17(29)12-9-14-22(18(27)20(12)30)33-23-15(10-16(26)21(31)19(23)28)25(14)13-7-5-4-6-11(13)24(32)34-25/h4-7,9-10,16,30H,2-3,8H2,1H3. The Morgan fingerprint density at radius 1 is 1.18 bits per heavy atom. The Labute approximate surface area is 236 Å². The van der Waals surface area contributed by atoms with Gasteiger partial charge in [0.1, 0.15) is 9.33 Å². The van der Waals surface area contributed by atoms with Gasteiger partial charge < -0.3 is 14.6 Å². The summed E-state index contributed by atoms with van der Waals surface area (Å²) in [6.45, 7) is 1.99. The number of esters is 1. The monoisotopic (exact) mass is 794 g/mol. The van der Waals surface area contributed by atoms with Crippen LogP contribution in [-0.2, 0) is 15.1 Å². The number of allylic oxidation sites excluding steroid dienone is 2. The molecule has 1 aliphatic carbocycles. The van der Waals surface area contributed by atoms with Gasteiger partial charge in [0.2, 0.25) is 0 Å². The fraction of sp³-hybridized carbons (Fsp3) is 0.240. The number of carbonyl (C=O) groups excluding carboxylic acids is 3. The van der Waals surface area contributed by atoms with Crippen molar-refractivity contribution in [3.05, 3.63) is 77.1 Å². The van der Waals surface area contributed by atoms with Gasteiger partial charge in [-0.15, -0.1) is 0 Å². The van der Waals surface area contributed by atoms with Crippen LogP contribution in [0.5, 0.6) is 11.5 Å². The van der Waals surface area contributed by atoms with Crippen molar-refractivity contribution in [2.24, 2.45) is 0 Å². The van der Waals surface area contributed by atoms with Gasteiger partial charge in [-0.05, 0) is 63.7 Å². The molecule has 34 heavy (non-hydrogen) atoms. The Morgan fingerprint density at radius 2 is 1.91 bits per heavy atom. The molecule has 3 aliphatic rings. The minimum Gasteiger partial charge on any atom is -0.506 e. The number of hydrogen-bond donors (Lipinski definition) is 1. The molecule has 2 aromatic rings. The van der Waals surface area contributed by atoms with Crippen LogP contribution in [0.15, 0.2) is 51.3 Å². The first-order valence-corrected chi connectivity index (χ1v) is 14.0. The third kappa shape index (κ3) is 3.39. The van der Waals surface area contributed by atoms with Crippen LogP contribution >= 0.6 is 67.8 Å². The van der Waals surface area contributed by atoms with Crippen molar-refractivity contribution in [1.29, 1.82) is 0 Å². The number of unbranched alkanes of at least 4 members (excludes halogenated alkanes) is 1. The van der Waals surface area contributed by atoms with E-state index in [1.165, 1.54) is 0 Å². The highest BCUT2D eigenvalue weighted by molar-refractivity contribution is 14.1. The second-order valence-corrected chi connectivity index (χ2v) is 11.7. The number of Topliss-reactive ketones (excluding diaryl/α,β-unsaturated/α-hetero) is 2. The normalized spacial score (nSPS) is 22.6. The van der Waals surface area contributed by atoms with E-state index in [1.807, 2.05) is 86.8 Å². The summed E-state index contributed by atoms with van der Waals surface area (Å²) >= 11 is 5.95. The number of halogens is 3. The van der Waals surface area contributed by atoms with Crippen molar-refractivity contribution in [1.82, 2.24) is 0 Å². The van der Waals surface area contributed by atoms with E-state index >= 15 is 0 Å². The molecule has 9 heteroatoms.